The van der Waals surface area contributed by atoms with E-state index in [0.717, 1.165) is 0 Å². The molecule has 1 aromatic rings. The summed E-state index contributed by atoms with van der Waals surface area (Å²) in [5, 5.41) is 10.8. The third-order valence-electron chi connectivity index (χ3n) is 2.17. The fourth-order valence-corrected chi connectivity index (χ4v) is 1.48. The summed E-state index contributed by atoms with van der Waals surface area (Å²) in [6, 6.07) is 0. The quantitative estimate of drug-likeness (QED) is 0.498. The van der Waals surface area contributed by atoms with E-state index in [1.54, 1.807) is 4.98 Å². The number of pyridine rings is 1. The van der Waals surface area contributed by atoms with Crippen LogP contribution in [-0.4, -0.2) is 28.8 Å². The van der Waals surface area contributed by atoms with Crippen LogP contribution in [0.4, 0.5) is 18.9 Å². The minimum absolute atomic E-state index is 0.0781. The molecular weight excluding hydrogens is 301 g/mol. The number of carbonyl (C=O) groups is 1. The third kappa shape index (κ3) is 4.47. The van der Waals surface area contributed by atoms with Crippen molar-refractivity contribution in [3.63, 3.8) is 0 Å². The molecule has 0 unspecified atom stereocenters. The van der Waals surface area contributed by atoms with Crippen LogP contribution in [0.25, 0.3) is 0 Å². The summed E-state index contributed by atoms with van der Waals surface area (Å²) in [7, 11) is 0. The Labute approximate surface area is 114 Å². The Morgan fingerprint density at radius 2 is 2.10 bits per heavy atom. The largest absolute Gasteiger partial charge is 0.573 e. The first kappa shape index (κ1) is 16.5. The van der Waals surface area contributed by atoms with E-state index in [9.17, 15) is 32.9 Å². The molecule has 8 nitrogen and oxygen atoms in total. The number of rotatable bonds is 5. The number of nitrogens with one attached hydrogen (secondary N) is 1. The molecule has 1 aromatic heterocycles. The molecule has 0 amide bonds. The predicted molar refractivity (Wildman–Crippen MR) is 60.7 cm³/mol. The van der Waals surface area contributed by atoms with E-state index < -0.39 is 46.2 Å². The molecule has 0 aliphatic heterocycles. The van der Waals surface area contributed by atoms with Gasteiger partial charge in [-0.3, -0.25) is 19.7 Å². The summed E-state index contributed by atoms with van der Waals surface area (Å²) in [4.78, 5) is 34.0. The highest BCUT2D eigenvalue weighted by Crippen LogP contribution is 2.30. The Bertz CT molecular complexity index is 610. The van der Waals surface area contributed by atoms with E-state index in [1.165, 1.54) is 6.92 Å². The van der Waals surface area contributed by atoms with Crippen LogP contribution >= 0.6 is 0 Å². The van der Waals surface area contributed by atoms with Crippen molar-refractivity contribution in [2.75, 3.05) is 6.61 Å². The van der Waals surface area contributed by atoms with Gasteiger partial charge in [0.05, 0.1) is 23.5 Å². The SMILES string of the molecule is CCOC(=O)Cc1c(OC(F)(F)F)c[nH]c(=O)c1[N+](=O)[O-]. The molecular formula is C10H9F3N2O6. The molecule has 0 atom stereocenters. The van der Waals surface area contributed by atoms with Crippen LogP contribution in [0.2, 0.25) is 0 Å². The van der Waals surface area contributed by atoms with Crippen molar-refractivity contribution >= 4 is 11.7 Å². The lowest BCUT2D eigenvalue weighted by Crippen LogP contribution is -2.23. The van der Waals surface area contributed by atoms with Crippen LogP contribution in [-0.2, 0) is 16.0 Å². The number of hydrogen-bond donors (Lipinski definition) is 1. The van der Waals surface area contributed by atoms with Crippen molar-refractivity contribution in [3.05, 3.63) is 32.2 Å². The van der Waals surface area contributed by atoms with Crippen LogP contribution < -0.4 is 10.3 Å². The van der Waals surface area contributed by atoms with E-state index in [0.29, 0.717) is 6.20 Å². The van der Waals surface area contributed by atoms with Gasteiger partial charge in [-0.15, -0.1) is 13.2 Å². The standard InChI is InChI=1S/C10H9F3N2O6/c1-2-20-7(16)3-5-6(21-10(11,12)13)4-14-9(17)8(5)15(18)19/h4H,2-3H2,1H3,(H,14,17). The Kier molecular flexibility index (Phi) is 4.89. The van der Waals surface area contributed by atoms with Crippen molar-refractivity contribution in [1.82, 2.24) is 4.98 Å². The lowest BCUT2D eigenvalue weighted by molar-refractivity contribution is -0.387. The summed E-state index contributed by atoms with van der Waals surface area (Å²) in [5.41, 5.74) is -3.27. The first-order chi connectivity index (χ1) is 9.65. The Morgan fingerprint density at radius 1 is 1.48 bits per heavy atom. The molecule has 0 aliphatic rings. The summed E-state index contributed by atoms with van der Waals surface area (Å²) >= 11 is 0. The van der Waals surface area contributed by atoms with E-state index in [-0.39, 0.29) is 6.61 Å². The number of nitro groups is 1. The van der Waals surface area contributed by atoms with E-state index in [4.69, 9.17) is 0 Å². The number of nitrogens with zero attached hydrogens (tertiary/aromatic N) is 1. The van der Waals surface area contributed by atoms with Crippen molar-refractivity contribution < 1.29 is 32.4 Å². The van der Waals surface area contributed by atoms with Crippen LogP contribution in [0.1, 0.15) is 12.5 Å². The molecule has 0 spiro atoms. The number of carbonyl (C=O) groups excluding carboxylic acids is 1. The molecule has 21 heavy (non-hydrogen) atoms. The molecule has 1 heterocycles. The molecule has 0 aromatic carbocycles. The predicted octanol–water partition coefficient (Wildman–Crippen LogP) is 1.29. The van der Waals surface area contributed by atoms with Gasteiger partial charge in [0.2, 0.25) is 0 Å². The summed E-state index contributed by atoms with van der Waals surface area (Å²) in [6.45, 7) is 1.36. The molecule has 0 saturated carbocycles. The molecule has 0 bridgehead atoms. The molecule has 116 valence electrons. The second kappa shape index (κ2) is 6.24. The number of halogens is 3. The third-order valence-corrected chi connectivity index (χ3v) is 2.17. The second-order valence-corrected chi connectivity index (χ2v) is 3.60. The van der Waals surface area contributed by atoms with E-state index >= 15 is 0 Å². The molecule has 1 N–H and O–H groups in total. The maximum absolute atomic E-state index is 12.2. The highest BCUT2D eigenvalue weighted by Gasteiger charge is 2.35. The fraction of sp³-hybridized carbons (Fsp3) is 0.400. The van der Waals surface area contributed by atoms with Gasteiger partial charge in [-0.2, -0.15) is 0 Å². The number of ether oxygens (including phenoxy) is 2. The molecule has 1 rings (SSSR count). The van der Waals surface area contributed by atoms with Gasteiger partial charge in [0.15, 0.2) is 5.75 Å². The Hall–Kier alpha value is -2.59. The molecule has 0 radical (unpaired) electrons. The van der Waals surface area contributed by atoms with E-state index in [1.807, 2.05) is 0 Å². The zero-order valence-electron chi connectivity index (χ0n) is 10.5. The van der Waals surface area contributed by atoms with Gasteiger partial charge in [0.25, 0.3) is 0 Å². The molecule has 0 fully saturated rings. The minimum Gasteiger partial charge on any atom is -0.466 e. The maximum atomic E-state index is 12.2. The number of esters is 1. The maximum Gasteiger partial charge on any atom is 0.573 e. The smallest absolute Gasteiger partial charge is 0.466 e. The number of hydrogen-bond acceptors (Lipinski definition) is 6. The van der Waals surface area contributed by atoms with Crippen LogP contribution in [0, 0.1) is 10.1 Å². The number of H-pyrrole nitrogens is 1. The highest BCUT2D eigenvalue weighted by molar-refractivity contribution is 5.75. The average Bonchev–Trinajstić information content (AvgIpc) is 2.31. The summed E-state index contributed by atoms with van der Waals surface area (Å²) in [5.74, 6) is -2.07. The van der Waals surface area contributed by atoms with Crippen LogP contribution in [0.3, 0.4) is 0 Å². The number of aromatic amines is 1. The van der Waals surface area contributed by atoms with Crippen molar-refractivity contribution in [1.29, 1.82) is 0 Å². The first-order valence-corrected chi connectivity index (χ1v) is 5.46. The Morgan fingerprint density at radius 3 is 2.57 bits per heavy atom. The van der Waals surface area contributed by atoms with E-state index in [2.05, 4.69) is 9.47 Å². The summed E-state index contributed by atoms with van der Waals surface area (Å²) in [6.07, 6.45) is -5.55. The number of aromatic nitrogens is 1. The van der Waals surface area contributed by atoms with Crippen LogP contribution in [0.15, 0.2) is 11.0 Å². The number of alkyl halides is 3. The van der Waals surface area contributed by atoms with Gasteiger partial charge < -0.3 is 14.5 Å². The van der Waals surface area contributed by atoms with Crippen molar-refractivity contribution in [2.24, 2.45) is 0 Å². The van der Waals surface area contributed by atoms with Gasteiger partial charge in [-0.05, 0) is 6.92 Å². The average molecular weight is 310 g/mol. The fourth-order valence-electron chi connectivity index (χ4n) is 1.48. The van der Waals surface area contributed by atoms with Crippen molar-refractivity contribution in [2.45, 2.75) is 19.7 Å². The lowest BCUT2D eigenvalue weighted by atomic mass is 10.1. The van der Waals surface area contributed by atoms with Crippen molar-refractivity contribution in [3.8, 4) is 5.75 Å². The molecule has 0 saturated heterocycles. The van der Waals surface area contributed by atoms with Gasteiger partial charge in [0, 0.05) is 6.20 Å². The monoisotopic (exact) mass is 310 g/mol. The highest BCUT2D eigenvalue weighted by atomic mass is 19.4. The summed E-state index contributed by atoms with van der Waals surface area (Å²) < 4.78 is 44.8. The van der Waals surface area contributed by atoms with Gasteiger partial charge in [-0.25, -0.2) is 0 Å². The van der Waals surface area contributed by atoms with Gasteiger partial charge in [0.1, 0.15) is 0 Å². The molecule has 0 aliphatic carbocycles. The lowest BCUT2D eigenvalue weighted by Gasteiger charge is -2.12. The Balaban J connectivity index is 3.37. The second-order valence-electron chi connectivity index (χ2n) is 3.60. The van der Waals surface area contributed by atoms with Crippen LogP contribution in [0.5, 0.6) is 5.75 Å². The van der Waals surface area contributed by atoms with Gasteiger partial charge in [-0.1, -0.05) is 0 Å². The van der Waals surface area contributed by atoms with Gasteiger partial charge >= 0.3 is 23.6 Å². The zero-order chi connectivity index (χ0) is 16.2. The zero-order valence-corrected chi connectivity index (χ0v) is 10.5. The normalized spacial score (nSPS) is 11.0. The first-order valence-electron chi connectivity index (χ1n) is 5.46. The minimum atomic E-state index is -5.14. The topological polar surface area (TPSA) is 112 Å². The molecule has 11 heteroatoms.